The molecule has 8 aromatic carbocycles. The van der Waals surface area contributed by atoms with Crippen molar-refractivity contribution in [1.82, 2.24) is 0 Å². The Morgan fingerprint density at radius 3 is 2.05 bits per heavy atom. The number of para-hydroxylation sites is 2. The molecule has 83 heavy (non-hydrogen) atoms. The first-order valence-electron chi connectivity index (χ1n) is 29.2. The molecule has 1 atom stereocenters. The Kier molecular flexibility index (Phi) is 11.9. The monoisotopic (exact) mass is 1090 g/mol. The van der Waals surface area contributed by atoms with Gasteiger partial charge in [-0.1, -0.05) is 192 Å². The number of aryl methyl sites for hydroxylation is 1. The summed E-state index contributed by atoms with van der Waals surface area (Å²) >= 11 is 1.98. The van der Waals surface area contributed by atoms with E-state index in [0.29, 0.717) is 5.92 Å². The largest absolute Gasteiger partial charge is 0.461 e. The first-order valence-corrected chi connectivity index (χ1v) is 30.0. The molecule has 0 N–H and O–H groups in total. The van der Waals surface area contributed by atoms with Crippen LogP contribution in [0.5, 0.6) is 0 Å². The minimum absolute atomic E-state index is 0.105. The first-order chi connectivity index (χ1) is 40.5. The maximum absolute atomic E-state index is 6.68. The van der Waals surface area contributed by atoms with Crippen molar-refractivity contribution in [3.63, 3.8) is 0 Å². The summed E-state index contributed by atoms with van der Waals surface area (Å²) in [4.78, 5) is 7.66. The van der Waals surface area contributed by atoms with Gasteiger partial charge in [0.05, 0.1) is 28.1 Å². The van der Waals surface area contributed by atoms with Crippen molar-refractivity contribution in [2.24, 2.45) is 11.3 Å². The summed E-state index contributed by atoms with van der Waals surface area (Å²) < 4.78 is 9.34. The van der Waals surface area contributed by atoms with Crippen LogP contribution in [0.3, 0.4) is 0 Å². The third-order valence-corrected chi connectivity index (χ3v) is 19.4. The van der Waals surface area contributed by atoms with Crippen LogP contribution in [0.4, 0.5) is 45.5 Å². The van der Waals surface area contributed by atoms with Crippen molar-refractivity contribution < 1.29 is 4.42 Å². The predicted octanol–water partition coefficient (Wildman–Crippen LogP) is 19.2. The second-order valence-corrected chi connectivity index (χ2v) is 25.4. The molecule has 400 valence electrons. The third-order valence-electron chi connectivity index (χ3n) is 18.2. The van der Waals surface area contributed by atoms with Gasteiger partial charge in [0.25, 0.3) is 6.71 Å². The fraction of sp³-hybridized carbons (Fsp3) is 0.143. The van der Waals surface area contributed by atoms with Gasteiger partial charge in [0.1, 0.15) is 11.3 Å². The van der Waals surface area contributed by atoms with Gasteiger partial charge in [0, 0.05) is 65.4 Å². The normalized spacial score (nSPS) is 16.4. The lowest BCUT2D eigenvalue weighted by molar-refractivity contribution is 0.293. The van der Waals surface area contributed by atoms with Gasteiger partial charge < -0.3 is 19.1 Å². The molecule has 4 nitrogen and oxygen atoms in total. The highest BCUT2D eigenvalue weighted by Gasteiger charge is 2.47. The highest BCUT2D eigenvalue weighted by Crippen LogP contribution is 2.55. The third kappa shape index (κ3) is 7.96. The summed E-state index contributed by atoms with van der Waals surface area (Å²) in [6.07, 6.45) is 28.5. The van der Waals surface area contributed by atoms with Crippen molar-refractivity contribution in [3.05, 3.63) is 258 Å². The molecular weight excluding hydrogens is 1030 g/mol. The van der Waals surface area contributed by atoms with E-state index in [1.165, 1.54) is 65.1 Å². The molecular formula is C77H62BN3OS. The zero-order valence-corrected chi connectivity index (χ0v) is 48.6. The molecule has 2 aliphatic heterocycles. The van der Waals surface area contributed by atoms with Gasteiger partial charge in [0.15, 0.2) is 0 Å². The van der Waals surface area contributed by atoms with Gasteiger partial charge in [-0.25, -0.2) is 0 Å². The number of hydrogen-bond acceptors (Lipinski definition) is 5. The molecule has 2 aromatic heterocycles. The molecule has 10 aromatic rings. The molecule has 0 fully saturated rings. The fourth-order valence-corrected chi connectivity index (χ4v) is 15.4. The van der Waals surface area contributed by atoms with E-state index < -0.39 is 0 Å². The van der Waals surface area contributed by atoms with Crippen molar-refractivity contribution in [2.75, 3.05) is 14.7 Å². The Bertz CT molecular complexity index is 4480. The zero-order valence-electron chi connectivity index (χ0n) is 47.7. The second-order valence-electron chi connectivity index (χ2n) is 24.3. The quantitative estimate of drug-likeness (QED) is 0.112. The second kappa shape index (κ2) is 19.4. The summed E-state index contributed by atoms with van der Waals surface area (Å²) in [6, 6.07) is 65.2. The molecule has 6 heteroatoms. The Hall–Kier alpha value is -9.28. The van der Waals surface area contributed by atoms with Gasteiger partial charge in [-0.15, -0.1) is 17.8 Å². The SMILES string of the molecule is C#C/C=C\c1c(C)oc2cccc(N3c4cc(N(c5ccccc5-c5ccccc5)c5ccccc5-c5ccccc5)ccc4B4c5sc6cc7c(cc6c5N(C5=CCC(C(C)(C)C)C=C5)c5cccc3c54)C3=C(C=CCC=C3)C7(C)C)c12. The van der Waals surface area contributed by atoms with E-state index in [-0.39, 0.29) is 17.5 Å². The number of furan rings is 1. The molecule has 0 radical (unpaired) electrons. The first kappa shape index (κ1) is 50.7. The molecule has 0 amide bonds. The van der Waals surface area contributed by atoms with E-state index in [0.717, 1.165) is 91.5 Å². The number of hydrogen-bond donors (Lipinski definition) is 0. The van der Waals surface area contributed by atoms with Crippen molar-refractivity contribution >= 4 is 112 Å². The zero-order chi connectivity index (χ0) is 56.3. The summed E-state index contributed by atoms with van der Waals surface area (Å²) in [6.45, 7) is 13.9. The molecule has 3 aliphatic carbocycles. The van der Waals surface area contributed by atoms with Gasteiger partial charge >= 0.3 is 0 Å². The Morgan fingerprint density at radius 1 is 0.699 bits per heavy atom. The van der Waals surface area contributed by atoms with Gasteiger partial charge in [-0.2, -0.15) is 0 Å². The summed E-state index contributed by atoms with van der Waals surface area (Å²) in [7, 11) is 0. The topological polar surface area (TPSA) is 22.9 Å². The number of thiophene rings is 1. The van der Waals surface area contributed by atoms with E-state index in [9.17, 15) is 0 Å². The number of fused-ring (bicyclic) bond motifs is 9. The van der Waals surface area contributed by atoms with E-state index in [2.05, 4.69) is 274 Å². The summed E-state index contributed by atoms with van der Waals surface area (Å²) in [5.74, 6) is 4.02. The average molecular weight is 1090 g/mol. The molecule has 0 saturated heterocycles. The Morgan fingerprint density at radius 2 is 1.36 bits per heavy atom. The molecule has 15 rings (SSSR count). The lowest BCUT2D eigenvalue weighted by atomic mass is 9.36. The minimum atomic E-state index is -0.153. The van der Waals surface area contributed by atoms with E-state index in [4.69, 9.17) is 10.8 Å². The van der Waals surface area contributed by atoms with E-state index in [1.807, 2.05) is 24.3 Å². The van der Waals surface area contributed by atoms with Crippen LogP contribution in [0.15, 0.2) is 240 Å². The maximum atomic E-state index is 6.68. The Labute approximate surface area is 492 Å². The molecule has 0 saturated carbocycles. The van der Waals surface area contributed by atoms with Crippen molar-refractivity contribution in [2.45, 2.75) is 59.8 Å². The average Bonchev–Trinajstić information content (AvgIpc) is 2.34. The van der Waals surface area contributed by atoms with Crippen molar-refractivity contribution in [3.8, 4) is 34.6 Å². The molecule has 0 bridgehead atoms. The lowest BCUT2D eigenvalue weighted by Crippen LogP contribution is -2.60. The van der Waals surface area contributed by atoms with Crippen LogP contribution in [0.1, 0.15) is 69.9 Å². The number of terminal acetylenes is 1. The van der Waals surface area contributed by atoms with Crippen molar-refractivity contribution in [1.29, 1.82) is 0 Å². The lowest BCUT2D eigenvalue weighted by Gasteiger charge is -2.44. The smallest absolute Gasteiger partial charge is 0.264 e. The van der Waals surface area contributed by atoms with Crippen LogP contribution in [-0.2, 0) is 5.41 Å². The highest BCUT2D eigenvalue weighted by atomic mass is 32.1. The summed E-state index contributed by atoms with van der Waals surface area (Å²) in [5, 5.41) is 2.31. The Balaban J connectivity index is 1.04. The molecule has 0 spiro atoms. The minimum Gasteiger partial charge on any atom is -0.461 e. The van der Waals surface area contributed by atoms with Crippen LogP contribution < -0.4 is 30.4 Å². The van der Waals surface area contributed by atoms with Crippen LogP contribution in [0.25, 0.3) is 55.0 Å². The summed E-state index contributed by atoms with van der Waals surface area (Å²) in [5.41, 5.74) is 24.5. The fourth-order valence-electron chi connectivity index (χ4n) is 14.1. The van der Waals surface area contributed by atoms with Gasteiger partial charge in [-0.05, 0) is 154 Å². The van der Waals surface area contributed by atoms with Crippen LogP contribution >= 0.6 is 11.3 Å². The van der Waals surface area contributed by atoms with E-state index >= 15 is 0 Å². The number of nitrogens with zero attached hydrogens (tertiary/aromatic N) is 3. The number of rotatable bonds is 8. The molecule has 1 unspecified atom stereocenters. The standard InChI is InChI=1S/C77H62BN3OS/c1-8-9-29-55-49(2)82-70-39-24-36-66(72(55)70)81-68-38-23-37-67-73(68)78(75-74(80(67)53-42-40-52(41-43-53)76(3,4)5)60-47-59-58-32-17-12-18-33-61(58)77(6,7)62(59)48-71(60)83-75)63-45-44-54(46-69(63)81)79(64-34-21-19-30-56(64)50-25-13-10-14-26-50)65-35-22-20-31-57(65)51-27-15-11-16-28-51/h1,9-11,13-40,42-48,52H,12,41H2,2-7H3/b29-9-. The number of allylic oxidation sites excluding steroid dienone is 10. The van der Waals surface area contributed by atoms with Gasteiger partial charge in [0.2, 0.25) is 0 Å². The molecule has 5 aliphatic rings. The number of anilines is 8. The van der Waals surface area contributed by atoms with Crippen LogP contribution in [0, 0.1) is 30.6 Å². The van der Waals surface area contributed by atoms with E-state index in [1.54, 1.807) is 6.08 Å². The number of benzene rings is 8. The highest BCUT2D eigenvalue weighted by molar-refractivity contribution is 7.33. The van der Waals surface area contributed by atoms with Crippen LogP contribution in [-0.4, -0.2) is 6.71 Å². The van der Waals surface area contributed by atoms with Gasteiger partial charge in [-0.3, -0.25) is 0 Å². The predicted molar refractivity (Wildman–Crippen MR) is 355 cm³/mol. The molecule has 4 heterocycles. The maximum Gasteiger partial charge on any atom is 0.264 e. The van der Waals surface area contributed by atoms with Crippen LogP contribution in [0.2, 0.25) is 0 Å².